The van der Waals surface area contributed by atoms with Gasteiger partial charge in [0.05, 0.1) is 11.4 Å². The normalized spacial score (nSPS) is 17.3. The number of amidine groups is 1. The predicted molar refractivity (Wildman–Crippen MR) is 84.1 cm³/mol. The van der Waals surface area contributed by atoms with E-state index in [2.05, 4.69) is 30.1 Å². The summed E-state index contributed by atoms with van der Waals surface area (Å²) in [5.41, 5.74) is 4.11. The number of hydrogen-bond donors (Lipinski definition) is 0. The van der Waals surface area contributed by atoms with Crippen LogP contribution in [0.25, 0.3) is 0 Å². The molecule has 0 radical (unpaired) electrons. The molecule has 0 saturated carbocycles. The van der Waals surface area contributed by atoms with E-state index in [0.717, 1.165) is 17.0 Å². The number of aromatic nitrogens is 2. The van der Waals surface area contributed by atoms with E-state index in [9.17, 15) is 0 Å². The summed E-state index contributed by atoms with van der Waals surface area (Å²) in [7, 11) is 0. The lowest BCUT2D eigenvalue weighted by atomic mass is 10.1. The van der Waals surface area contributed by atoms with Crippen LogP contribution < -0.4 is 0 Å². The highest BCUT2D eigenvalue weighted by atomic mass is 32.2. The summed E-state index contributed by atoms with van der Waals surface area (Å²) < 4.78 is 4.65. The Morgan fingerprint density at radius 1 is 1.24 bits per heavy atom. The van der Waals surface area contributed by atoms with Gasteiger partial charge in [-0.1, -0.05) is 47.3 Å². The van der Waals surface area contributed by atoms with E-state index in [0.29, 0.717) is 22.3 Å². The van der Waals surface area contributed by atoms with Crippen LogP contribution in [0, 0.1) is 6.92 Å². The van der Waals surface area contributed by atoms with Crippen LogP contribution in [-0.2, 0) is 0 Å². The predicted octanol–water partition coefficient (Wildman–Crippen LogP) is 2.69. The number of aliphatic imine (C=N–C) groups is 1. The first-order chi connectivity index (χ1) is 10.2. The Balaban J connectivity index is 1.80. The average Bonchev–Trinajstić information content (AvgIpc) is 3.15. The molecule has 6 nitrogen and oxygen atoms in total. The maximum atomic E-state index is 4.65. The number of hydrogen-bond acceptors (Lipinski definition) is 6. The third-order valence-electron chi connectivity index (χ3n) is 2.96. The first kappa shape index (κ1) is 13.7. The van der Waals surface area contributed by atoms with Gasteiger partial charge in [0.2, 0.25) is 5.17 Å². The Morgan fingerprint density at radius 3 is 2.76 bits per heavy atom. The zero-order chi connectivity index (χ0) is 14.7. The molecule has 1 aliphatic heterocycles. The van der Waals surface area contributed by atoms with Crippen LogP contribution in [0.1, 0.15) is 23.9 Å². The van der Waals surface area contributed by atoms with Crippen molar-refractivity contribution >= 4 is 28.4 Å². The highest BCUT2D eigenvalue weighted by Crippen LogP contribution is 2.19. The molecule has 2 aromatic rings. The third-order valence-corrected chi connectivity index (χ3v) is 3.81. The van der Waals surface area contributed by atoms with Crippen LogP contribution in [0.4, 0.5) is 0 Å². The van der Waals surface area contributed by atoms with E-state index >= 15 is 0 Å². The van der Waals surface area contributed by atoms with Gasteiger partial charge < -0.3 is 0 Å². The van der Waals surface area contributed by atoms with Gasteiger partial charge in [-0.3, -0.25) is 0 Å². The summed E-state index contributed by atoms with van der Waals surface area (Å²) in [5.74, 6) is 0.807. The van der Waals surface area contributed by atoms with Crippen molar-refractivity contribution < 1.29 is 4.63 Å². The third kappa shape index (κ3) is 3.08. The monoisotopic (exact) mass is 299 g/mol. The van der Waals surface area contributed by atoms with Gasteiger partial charge >= 0.3 is 0 Å². The molecule has 0 N–H and O–H groups in total. The van der Waals surface area contributed by atoms with Gasteiger partial charge in [-0.05, 0) is 24.6 Å². The maximum absolute atomic E-state index is 4.65. The zero-order valence-electron chi connectivity index (χ0n) is 11.6. The van der Waals surface area contributed by atoms with E-state index in [1.807, 2.05) is 44.2 Å². The Morgan fingerprint density at radius 2 is 2.05 bits per heavy atom. The van der Waals surface area contributed by atoms with Crippen molar-refractivity contribution in [1.82, 2.24) is 10.3 Å². The molecule has 0 aliphatic carbocycles. The first-order valence-corrected chi connectivity index (χ1v) is 7.40. The molecule has 0 bridgehead atoms. The highest BCUT2D eigenvalue weighted by Gasteiger charge is 2.15. The Labute approximate surface area is 126 Å². The molecule has 2 heterocycles. The smallest absolute Gasteiger partial charge is 0.209 e. The van der Waals surface area contributed by atoms with E-state index in [4.69, 9.17) is 0 Å². The number of thioether (sulfide) groups is 1. The second kappa shape index (κ2) is 6.01. The maximum Gasteiger partial charge on any atom is 0.209 e. The fourth-order valence-corrected chi connectivity index (χ4v) is 2.64. The van der Waals surface area contributed by atoms with Crippen molar-refractivity contribution in [2.45, 2.75) is 13.8 Å². The lowest BCUT2D eigenvalue weighted by Crippen LogP contribution is -1.98. The molecule has 0 amide bonds. The lowest BCUT2D eigenvalue weighted by Gasteiger charge is -1.96. The minimum Gasteiger partial charge on any atom is -0.244 e. The number of rotatable bonds is 3. The Kier molecular flexibility index (Phi) is 3.92. The van der Waals surface area contributed by atoms with Crippen molar-refractivity contribution in [3.8, 4) is 0 Å². The first-order valence-electron chi connectivity index (χ1n) is 6.41. The molecule has 0 atom stereocenters. The Bertz CT molecular complexity index is 733. The molecule has 0 spiro atoms. The van der Waals surface area contributed by atoms with Crippen LogP contribution >= 0.6 is 11.8 Å². The minimum atomic E-state index is 0.620. The molecule has 1 aromatic carbocycles. The molecule has 0 saturated heterocycles. The SMILES string of the molecule is C/C(=N/N=C1\N=C(c2ccccc2)CS1)c1nonc1C. The van der Waals surface area contributed by atoms with Gasteiger partial charge in [-0.15, -0.1) is 5.10 Å². The van der Waals surface area contributed by atoms with E-state index in [1.165, 1.54) is 0 Å². The number of benzene rings is 1. The molecule has 1 aliphatic rings. The Hall–Kier alpha value is -2.28. The van der Waals surface area contributed by atoms with Crippen LogP contribution in [0.15, 0.2) is 50.2 Å². The van der Waals surface area contributed by atoms with Gasteiger partial charge in [0.25, 0.3) is 0 Å². The molecule has 7 heteroatoms. The van der Waals surface area contributed by atoms with Gasteiger partial charge in [-0.2, -0.15) is 5.10 Å². The van der Waals surface area contributed by atoms with Crippen LogP contribution in [-0.4, -0.2) is 32.7 Å². The summed E-state index contributed by atoms with van der Waals surface area (Å²) in [6.45, 7) is 3.63. The van der Waals surface area contributed by atoms with Crippen molar-refractivity contribution in [3.63, 3.8) is 0 Å². The summed E-state index contributed by atoms with van der Waals surface area (Å²) in [5, 5.41) is 16.5. The van der Waals surface area contributed by atoms with E-state index < -0.39 is 0 Å². The molecule has 21 heavy (non-hydrogen) atoms. The van der Waals surface area contributed by atoms with Gasteiger partial charge in [-0.25, -0.2) is 9.62 Å². The van der Waals surface area contributed by atoms with Gasteiger partial charge in [0.15, 0.2) is 5.69 Å². The molecule has 106 valence electrons. The molecule has 0 unspecified atom stereocenters. The topological polar surface area (TPSA) is 76.0 Å². The second-order valence-electron chi connectivity index (χ2n) is 4.48. The molecule has 1 aromatic heterocycles. The van der Waals surface area contributed by atoms with Crippen LogP contribution in [0.3, 0.4) is 0 Å². The van der Waals surface area contributed by atoms with Gasteiger partial charge in [0, 0.05) is 5.75 Å². The van der Waals surface area contributed by atoms with Crippen molar-refractivity contribution in [2.75, 3.05) is 5.75 Å². The molecular formula is C14H13N5OS. The van der Waals surface area contributed by atoms with Crippen LogP contribution in [0.2, 0.25) is 0 Å². The summed E-state index contributed by atoms with van der Waals surface area (Å²) >= 11 is 1.57. The quantitative estimate of drug-likeness (QED) is 0.645. The standard InChI is InChI=1S/C14H13N5OS/c1-9(13-10(2)18-20-19-13)16-17-14-15-12(8-21-14)11-6-4-3-5-7-11/h3-7H,8H2,1-2H3/b16-9-,17-14+. The highest BCUT2D eigenvalue weighted by molar-refractivity contribution is 8.15. The van der Waals surface area contributed by atoms with Crippen LogP contribution in [0.5, 0.6) is 0 Å². The summed E-state index contributed by atoms with van der Waals surface area (Å²) in [6.07, 6.45) is 0. The molecule has 0 fully saturated rings. The summed E-state index contributed by atoms with van der Waals surface area (Å²) in [4.78, 5) is 4.50. The zero-order valence-corrected chi connectivity index (χ0v) is 12.5. The van der Waals surface area contributed by atoms with Gasteiger partial charge in [0.1, 0.15) is 5.69 Å². The van der Waals surface area contributed by atoms with Crippen molar-refractivity contribution in [3.05, 3.63) is 47.3 Å². The number of aryl methyl sites for hydroxylation is 1. The molecule has 3 rings (SSSR count). The fourth-order valence-electron chi connectivity index (χ4n) is 1.87. The fraction of sp³-hybridized carbons (Fsp3) is 0.214. The average molecular weight is 299 g/mol. The largest absolute Gasteiger partial charge is 0.244 e. The van der Waals surface area contributed by atoms with Crippen molar-refractivity contribution in [2.24, 2.45) is 15.2 Å². The summed E-state index contributed by atoms with van der Waals surface area (Å²) in [6, 6.07) is 10.1. The van der Waals surface area contributed by atoms with E-state index in [-0.39, 0.29) is 0 Å². The van der Waals surface area contributed by atoms with E-state index in [1.54, 1.807) is 11.8 Å². The lowest BCUT2D eigenvalue weighted by molar-refractivity contribution is 0.304. The molecular weight excluding hydrogens is 286 g/mol. The van der Waals surface area contributed by atoms with Crippen molar-refractivity contribution in [1.29, 1.82) is 0 Å². The second-order valence-corrected chi connectivity index (χ2v) is 5.42. The number of nitrogens with zero attached hydrogens (tertiary/aromatic N) is 5. The minimum absolute atomic E-state index is 0.620.